The topological polar surface area (TPSA) is 84.0 Å². The molecule has 0 unspecified atom stereocenters. The fourth-order valence-electron chi connectivity index (χ4n) is 4.64. The lowest BCUT2D eigenvalue weighted by molar-refractivity contribution is 0.0980. The molecule has 0 spiro atoms. The highest BCUT2D eigenvalue weighted by Gasteiger charge is 2.37. The van der Waals surface area contributed by atoms with Gasteiger partial charge >= 0.3 is 0 Å². The lowest BCUT2D eigenvalue weighted by Gasteiger charge is -2.25. The van der Waals surface area contributed by atoms with Crippen molar-refractivity contribution in [2.75, 3.05) is 10.6 Å². The van der Waals surface area contributed by atoms with Crippen molar-refractivity contribution in [3.63, 3.8) is 0 Å². The Morgan fingerprint density at radius 2 is 1.16 bits per heavy atom. The van der Waals surface area contributed by atoms with Gasteiger partial charge in [-0.2, -0.15) is 0 Å². The van der Waals surface area contributed by atoms with Crippen LogP contribution in [0, 0.1) is 13.8 Å². The summed E-state index contributed by atoms with van der Waals surface area (Å²) in [6, 6.07) is 28.1. The number of anilines is 4. The molecule has 0 fully saturated rings. The molecule has 3 aromatic carbocycles. The monoisotopic (exact) mass is 496 g/mol. The maximum absolute atomic E-state index is 14.1. The highest BCUT2D eigenvalue weighted by atomic mass is 16.1. The van der Waals surface area contributed by atoms with Crippen LogP contribution >= 0.6 is 0 Å². The molecule has 0 bridgehead atoms. The summed E-state index contributed by atoms with van der Waals surface area (Å²) < 4.78 is 0. The second kappa shape index (κ2) is 9.41. The van der Waals surface area contributed by atoms with E-state index in [-0.39, 0.29) is 22.7 Å². The van der Waals surface area contributed by atoms with Crippen LogP contribution < -0.4 is 10.6 Å². The van der Waals surface area contributed by atoms with Crippen molar-refractivity contribution in [2.24, 2.45) is 0 Å². The summed E-state index contributed by atoms with van der Waals surface area (Å²) >= 11 is 0. The van der Waals surface area contributed by atoms with E-state index >= 15 is 0 Å². The van der Waals surface area contributed by atoms with E-state index in [1.807, 2.05) is 68.4 Å². The molecule has 2 heterocycles. The summed E-state index contributed by atoms with van der Waals surface area (Å²) in [5, 5.41) is 6.79. The molecule has 0 saturated carbocycles. The van der Waals surface area contributed by atoms with Crippen molar-refractivity contribution in [1.82, 2.24) is 9.97 Å². The van der Waals surface area contributed by atoms with Gasteiger partial charge in [0.15, 0.2) is 17.4 Å². The number of aromatic nitrogens is 2. The van der Waals surface area contributed by atoms with Gasteiger partial charge in [0.05, 0.1) is 22.5 Å². The van der Waals surface area contributed by atoms with E-state index < -0.39 is 0 Å². The summed E-state index contributed by atoms with van der Waals surface area (Å²) in [5.74, 6) is -0.0668. The molecule has 2 aromatic heterocycles. The average molecular weight is 497 g/mol. The Bertz CT molecular complexity index is 1690. The van der Waals surface area contributed by atoms with Crippen LogP contribution in [0.15, 0.2) is 97.2 Å². The number of fused-ring (bicyclic) bond motifs is 2. The summed E-state index contributed by atoms with van der Waals surface area (Å²) in [6.45, 7) is 4.03. The van der Waals surface area contributed by atoms with Crippen LogP contribution in [-0.2, 0) is 0 Å². The van der Waals surface area contributed by atoms with Gasteiger partial charge in [0.2, 0.25) is 0 Å². The second-order valence-electron chi connectivity index (χ2n) is 9.33. The molecule has 0 radical (unpaired) electrons. The first-order valence-corrected chi connectivity index (χ1v) is 12.3. The minimum Gasteiger partial charge on any atom is -0.352 e. The zero-order valence-electron chi connectivity index (χ0n) is 20.9. The summed E-state index contributed by atoms with van der Waals surface area (Å²) in [4.78, 5) is 37.4. The molecule has 38 heavy (non-hydrogen) atoms. The number of carbonyl (C=O) groups excluding carboxylic acids is 2. The van der Waals surface area contributed by atoms with Crippen LogP contribution in [-0.4, -0.2) is 21.5 Å². The van der Waals surface area contributed by atoms with Crippen LogP contribution in [0.25, 0.3) is 11.4 Å². The number of nitrogens with one attached hydrogen (secondary N) is 2. The number of nitrogens with zero attached hydrogens (tertiary/aromatic N) is 2. The normalized spacial score (nSPS) is 12.1. The maximum atomic E-state index is 14.1. The van der Waals surface area contributed by atoms with Gasteiger partial charge in [-0.1, -0.05) is 65.7 Å². The number of hydrogen-bond donors (Lipinski definition) is 2. The molecule has 0 amide bonds. The minimum atomic E-state index is -0.253. The van der Waals surface area contributed by atoms with E-state index in [2.05, 4.69) is 15.6 Å². The third-order valence-electron chi connectivity index (χ3n) is 6.61. The molecule has 6 rings (SSSR count). The van der Waals surface area contributed by atoms with Crippen molar-refractivity contribution in [2.45, 2.75) is 13.8 Å². The molecular weight excluding hydrogens is 472 g/mol. The molecule has 2 N–H and O–H groups in total. The van der Waals surface area contributed by atoms with Gasteiger partial charge < -0.3 is 10.6 Å². The van der Waals surface area contributed by atoms with E-state index in [9.17, 15) is 9.59 Å². The largest absolute Gasteiger partial charge is 0.352 e. The molecule has 6 nitrogen and oxygen atoms in total. The Morgan fingerprint density at radius 3 is 1.74 bits per heavy atom. The standard InChI is InChI=1S/C32H24N4O2/c1-19-10-14-21(15-11-19)34-29-27-26(30(37)23-7-3-4-8-24(23)31(27)38)28(25-9-5-6-18-33-25)36-32(29)35-22-16-12-20(2)13-17-22/h3-18,34H,1-2H3,(H,35,36). The first-order valence-electron chi connectivity index (χ1n) is 12.3. The quantitative estimate of drug-likeness (QED) is 0.267. The third-order valence-corrected chi connectivity index (χ3v) is 6.61. The van der Waals surface area contributed by atoms with Crippen LogP contribution in [0.3, 0.4) is 0 Å². The van der Waals surface area contributed by atoms with E-state index in [1.165, 1.54) is 0 Å². The van der Waals surface area contributed by atoms with Gasteiger partial charge in [0.25, 0.3) is 0 Å². The lowest BCUT2D eigenvalue weighted by atomic mass is 9.82. The summed E-state index contributed by atoms with van der Waals surface area (Å²) in [6.07, 6.45) is 1.65. The van der Waals surface area contributed by atoms with Crippen LogP contribution in [0.4, 0.5) is 22.9 Å². The Labute approximate surface area is 220 Å². The third kappa shape index (κ3) is 4.12. The Kier molecular flexibility index (Phi) is 5.77. The first-order chi connectivity index (χ1) is 18.5. The van der Waals surface area contributed by atoms with E-state index in [0.29, 0.717) is 34.0 Å². The number of benzene rings is 3. The second-order valence-corrected chi connectivity index (χ2v) is 9.33. The Balaban J connectivity index is 1.64. The average Bonchev–Trinajstić information content (AvgIpc) is 2.95. The zero-order chi connectivity index (χ0) is 26.2. The number of hydrogen-bond acceptors (Lipinski definition) is 6. The zero-order valence-corrected chi connectivity index (χ0v) is 20.9. The number of carbonyl (C=O) groups is 2. The number of pyridine rings is 2. The first kappa shape index (κ1) is 23.3. The van der Waals surface area contributed by atoms with E-state index in [0.717, 1.165) is 22.5 Å². The van der Waals surface area contributed by atoms with Gasteiger partial charge in [0.1, 0.15) is 5.69 Å². The Hall–Kier alpha value is -5.10. The highest BCUT2D eigenvalue weighted by Crippen LogP contribution is 2.42. The highest BCUT2D eigenvalue weighted by molar-refractivity contribution is 6.32. The molecule has 6 heteroatoms. The van der Waals surface area contributed by atoms with Crippen molar-refractivity contribution in [3.8, 4) is 11.4 Å². The van der Waals surface area contributed by atoms with Gasteiger partial charge in [-0.15, -0.1) is 0 Å². The SMILES string of the molecule is Cc1ccc(Nc2nc(-c3ccccn3)c3c(c2Nc2ccc(C)cc2)C(=O)c2ccccc2C3=O)cc1. The molecule has 0 aliphatic heterocycles. The predicted molar refractivity (Wildman–Crippen MR) is 150 cm³/mol. The number of rotatable bonds is 5. The maximum Gasteiger partial charge on any atom is 0.196 e. The number of aryl methyl sites for hydroxylation is 2. The van der Waals surface area contributed by atoms with E-state index in [4.69, 9.17) is 4.98 Å². The summed E-state index contributed by atoms with van der Waals surface area (Å²) in [5.41, 5.74) is 6.38. The fraction of sp³-hybridized carbons (Fsp3) is 0.0625. The smallest absolute Gasteiger partial charge is 0.196 e. The van der Waals surface area contributed by atoms with E-state index in [1.54, 1.807) is 42.6 Å². The molecule has 1 aliphatic rings. The van der Waals surface area contributed by atoms with Gasteiger partial charge in [0, 0.05) is 28.7 Å². The van der Waals surface area contributed by atoms with Crippen LogP contribution in [0.2, 0.25) is 0 Å². The Morgan fingerprint density at radius 1 is 0.605 bits per heavy atom. The van der Waals surface area contributed by atoms with Gasteiger partial charge in [-0.25, -0.2) is 4.98 Å². The van der Waals surface area contributed by atoms with Crippen molar-refractivity contribution < 1.29 is 9.59 Å². The van der Waals surface area contributed by atoms with Crippen LogP contribution in [0.1, 0.15) is 43.0 Å². The molecule has 0 saturated heterocycles. The fourth-order valence-corrected chi connectivity index (χ4v) is 4.64. The molecular formula is C32H24N4O2. The number of ketones is 2. The van der Waals surface area contributed by atoms with Gasteiger partial charge in [-0.05, 0) is 50.2 Å². The predicted octanol–water partition coefficient (Wildman–Crippen LogP) is 7.02. The molecule has 5 aromatic rings. The molecule has 184 valence electrons. The van der Waals surface area contributed by atoms with Crippen LogP contribution in [0.5, 0.6) is 0 Å². The molecule has 0 atom stereocenters. The molecule has 1 aliphatic carbocycles. The summed E-state index contributed by atoms with van der Waals surface area (Å²) in [7, 11) is 0. The minimum absolute atomic E-state index is 0.239. The lowest BCUT2D eigenvalue weighted by Crippen LogP contribution is -2.25. The van der Waals surface area contributed by atoms with Crippen molar-refractivity contribution in [3.05, 3.63) is 131 Å². The van der Waals surface area contributed by atoms with Crippen molar-refractivity contribution >= 4 is 34.4 Å². The van der Waals surface area contributed by atoms with Gasteiger partial charge in [-0.3, -0.25) is 14.6 Å². The van der Waals surface area contributed by atoms with Crippen molar-refractivity contribution in [1.29, 1.82) is 0 Å².